The summed E-state index contributed by atoms with van der Waals surface area (Å²) in [5.41, 5.74) is 0.307. The normalized spacial score (nSPS) is 10.9. The Morgan fingerprint density at radius 1 is 0.517 bits per heavy atom. The quantitative estimate of drug-likeness (QED) is 0.369. The van der Waals surface area contributed by atoms with Crippen LogP contribution in [0.3, 0.4) is 0 Å². The van der Waals surface area contributed by atoms with Crippen molar-refractivity contribution in [3.63, 3.8) is 0 Å². The Kier molecular flexibility index (Phi) is 5.39. The lowest BCUT2D eigenvalue weighted by Gasteiger charge is -2.30. The van der Waals surface area contributed by atoms with Crippen LogP contribution in [0.1, 0.15) is 11.1 Å². The predicted octanol–water partition coefficient (Wildman–Crippen LogP) is 6.00. The molecule has 0 N–H and O–H groups in total. The van der Waals surface area contributed by atoms with E-state index in [-0.39, 0.29) is 0 Å². The van der Waals surface area contributed by atoms with Crippen molar-refractivity contribution in [3.8, 4) is 17.2 Å². The lowest BCUT2D eigenvalue weighted by Crippen LogP contribution is -2.36. The highest BCUT2D eigenvalue weighted by molar-refractivity contribution is 5.73. The van der Waals surface area contributed by atoms with Crippen LogP contribution in [0.25, 0.3) is 0 Å². The monoisotopic (exact) mass is 380 g/mol. The Morgan fingerprint density at radius 3 is 1.41 bits per heavy atom. The smallest absolute Gasteiger partial charge is 0.214 e. The average molecular weight is 380 g/mol. The van der Waals surface area contributed by atoms with Crippen molar-refractivity contribution >= 4 is 6.29 Å². The second-order valence-corrected chi connectivity index (χ2v) is 6.57. The van der Waals surface area contributed by atoms with E-state index in [4.69, 9.17) is 9.47 Å². The van der Waals surface area contributed by atoms with Crippen LogP contribution in [0.4, 0.5) is 0 Å². The molecule has 29 heavy (non-hydrogen) atoms. The molecule has 0 fully saturated rings. The van der Waals surface area contributed by atoms with Gasteiger partial charge in [0.05, 0.1) is 0 Å². The predicted molar refractivity (Wildman–Crippen MR) is 113 cm³/mol. The molecule has 0 heterocycles. The van der Waals surface area contributed by atoms with Gasteiger partial charge in [-0.3, -0.25) is 4.79 Å². The molecular formula is C26H20O3. The molecule has 0 aliphatic carbocycles. The van der Waals surface area contributed by atoms with Gasteiger partial charge in [0.1, 0.15) is 17.2 Å². The second kappa shape index (κ2) is 8.44. The minimum Gasteiger partial charge on any atom is -0.470 e. The molecule has 4 aromatic carbocycles. The van der Waals surface area contributed by atoms with Gasteiger partial charge in [-0.2, -0.15) is 0 Å². The van der Waals surface area contributed by atoms with Crippen LogP contribution in [-0.4, -0.2) is 6.29 Å². The van der Waals surface area contributed by atoms with Crippen molar-refractivity contribution in [2.24, 2.45) is 0 Å². The summed E-state index contributed by atoms with van der Waals surface area (Å²) in [7, 11) is 0. The molecule has 0 spiro atoms. The first-order chi connectivity index (χ1) is 14.3. The zero-order valence-electron chi connectivity index (χ0n) is 15.8. The minimum absolute atomic E-state index is 0.574. The lowest BCUT2D eigenvalue weighted by atomic mass is 9.87. The van der Waals surface area contributed by atoms with E-state index < -0.39 is 5.60 Å². The largest absolute Gasteiger partial charge is 0.470 e. The first kappa shape index (κ1) is 18.5. The van der Waals surface area contributed by atoms with Crippen LogP contribution in [0.5, 0.6) is 17.2 Å². The van der Waals surface area contributed by atoms with Gasteiger partial charge < -0.3 is 9.47 Å². The van der Waals surface area contributed by atoms with E-state index in [1.54, 1.807) is 0 Å². The van der Waals surface area contributed by atoms with Crippen LogP contribution < -0.4 is 9.47 Å². The van der Waals surface area contributed by atoms with Crippen LogP contribution in [0.15, 0.2) is 115 Å². The molecule has 0 aliphatic heterocycles. The fraction of sp³-hybridized carbons (Fsp3) is 0.0385. The number of aldehydes is 1. The van der Waals surface area contributed by atoms with Gasteiger partial charge in [0.2, 0.25) is 5.60 Å². The van der Waals surface area contributed by atoms with E-state index in [2.05, 4.69) is 0 Å². The number of hydrogen-bond acceptors (Lipinski definition) is 3. The number of carbonyl (C=O) groups excluding carboxylic acids is 1. The Labute approximate surface area is 170 Å². The first-order valence-electron chi connectivity index (χ1n) is 9.39. The SMILES string of the molecule is O=CC(Oc1ccc(Oc2ccccc2)cc1)(c1ccccc1)c1ccccc1. The van der Waals surface area contributed by atoms with Gasteiger partial charge in [0.25, 0.3) is 0 Å². The Balaban J connectivity index is 1.65. The molecule has 0 aliphatic rings. The van der Waals surface area contributed by atoms with Crippen LogP contribution in [0.2, 0.25) is 0 Å². The fourth-order valence-electron chi connectivity index (χ4n) is 3.20. The molecule has 0 bridgehead atoms. The molecule has 0 saturated heterocycles. The highest BCUT2D eigenvalue weighted by Crippen LogP contribution is 2.34. The van der Waals surface area contributed by atoms with Crippen molar-refractivity contribution in [1.82, 2.24) is 0 Å². The molecule has 0 atom stereocenters. The van der Waals surface area contributed by atoms with Gasteiger partial charge in [0, 0.05) is 11.1 Å². The number of hydrogen-bond donors (Lipinski definition) is 0. The number of carbonyl (C=O) groups is 1. The summed E-state index contributed by atoms with van der Waals surface area (Å²) >= 11 is 0. The van der Waals surface area contributed by atoms with Crippen molar-refractivity contribution in [2.75, 3.05) is 0 Å². The molecule has 0 aromatic heterocycles. The molecule has 3 heteroatoms. The summed E-state index contributed by atoms with van der Waals surface area (Å²) in [6.07, 6.45) is 0.853. The van der Waals surface area contributed by atoms with E-state index >= 15 is 0 Å². The Hall–Kier alpha value is -3.85. The van der Waals surface area contributed by atoms with Gasteiger partial charge in [-0.1, -0.05) is 78.9 Å². The third-order valence-corrected chi connectivity index (χ3v) is 4.65. The summed E-state index contributed by atoms with van der Waals surface area (Å²) in [6, 6.07) is 35.9. The Morgan fingerprint density at radius 2 is 0.931 bits per heavy atom. The van der Waals surface area contributed by atoms with Gasteiger partial charge in [-0.15, -0.1) is 0 Å². The highest BCUT2D eigenvalue weighted by Gasteiger charge is 2.36. The van der Waals surface area contributed by atoms with Crippen LogP contribution in [0, 0.1) is 0 Å². The van der Waals surface area contributed by atoms with Gasteiger partial charge in [0.15, 0.2) is 6.29 Å². The summed E-state index contributed by atoms with van der Waals surface area (Å²) in [4.78, 5) is 12.4. The average Bonchev–Trinajstić information content (AvgIpc) is 2.80. The molecular weight excluding hydrogens is 360 g/mol. The van der Waals surface area contributed by atoms with E-state index in [0.717, 1.165) is 23.2 Å². The van der Waals surface area contributed by atoms with Gasteiger partial charge >= 0.3 is 0 Å². The standard InChI is InChI=1S/C26H20O3/c27-20-26(21-10-4-1-5-11-21,22-12-6-2-7-13-22)29-25-18-16-24(17-19-25)28-23-14-8-3-9-15-23/h1-20H. The highest BCUT2D eigenvalue weighted by atomic mass is 16.5. The molecule has 3 nitrogen and oxygen atoms in total. The zero-order valence-corrected chi connectivity index (χ0v) is 15.8. The molecule has 0 unspecified atom stereocenters. The lowest BCUT2D eigenvalue weighted by molar-refractivity contribution is -0.119. The minimum atomic E-state index is -1.23. The van der Waals surface area contributed by atoms with Crippen molar-refractivity contribution in [2.45, 2.75) is 5.60 Å². The fourth-order valence-corrected chi connectivity index (χ4v) is 3.20. The van der Waals surface area contributed by atoms with Crippen molar-refractivity contribution in [1.29, 1.82) is 0 Å². The number of ether oxygens (including phenoxy) is 2. The molecule has 0 radical (unpaired) electrons. The van der Waals surface area contributed by atoms with E-state index in [1.165, 1.54) is 0 Å². The Bertz CT molecular complexity index is 1000. The molecule has 0 amide bonds. The maximum Gasteiger partial charge on any atom is 0.214 e. The van der Waals surface area contributed by atoms with E-state index in [9.17, 15) is 4.79 Å². The summed E-state index contributed by atoms with van der Waals surface area (Å²) in [5.74, 6) is 2.03. The third kappa shape index (κ3) is 4.04. The number of para-hydroxylation sites is 1. The third-order valence-electron chi connectivity index (χ3n) is 4.65. The van der Waals surface area contributed by atoms with Crippen molar-refractivity contribution in [3.05, 3.63) is 126 Å². The molecule has 142 valence electrons. The maximum atomic E-state index is 12.4. The molecule has 4 aromatic rings. The van der Waals surface area contributed by atoms with Crippen molar-refractivity contribution < 1.29 is 14.3 Å². The summed E-state index contributed by atoms with van der Waals surface area (Å²) in [6.45, 7) is 0. The number of rotatable bonds is 7. The zero-order chi connectivity index (χ0) is 19.9. The van der Waals surface area contributed by atoms with Crippen LogP contribution in [-0.2, 0) is 10.4 Å². The van der Waals surface area contributed by atoms with Gasteiger partial charge in [-0.25, -0.2) is 0 Å². The second-order valence-electron chi connectivity index (χ2n) is 6.57. The maximum absolute atomic E-state index is 12.4. The topological polar surface area (TPSA) is 35.5 Å². The first-order valence-corrected chi connectivity index (χ1v) is 9.39. The van der Waals surface area contributed by atoms with E-state index in [0.29, 0.717) is 11.5 Å². The summed E-state index contributed by atoms with van der Waals surface area (Å²) in [5, 5.41) is 0. The van der Waals surface area contributed by atoms with E-state index in [1.807, 2.05) is 115 Å². The molecule has 4 rings (SSSR count). The summed E-state index contributed by atoms with van der Waals surface area (Å²) < 4.78 is 12.1. The number of benzene rings is 4. The van der Waals surface area contributed by atoms with Crippen LogP contribution >= 0.6 is 0 Å². The molecule has 0 saturated carbocycles. The van der Waals surface area contributed by atoms with Gasteiger partial charge in [-0.05, 0) is 36.4 Å².